The highest BCUT2D eigenvalue weighted by molar-refractivity contribution is 7.99. The lowest BCUT2D eigenvalue weighted by Gasteiger charge is -2.31. The van der Waals surface area contributed by atoms with Gasteiger partial charge in [-0.15, -0.1) is 11.8 Å². The first kappa shape index (κ1) is 22.6. The molecule has 0 radical (unpaired) electrons. The number of sulfonamides is 1. The van der Waals surface area contributed by atoms with Crippen molar-refractivity contribution in [1.82, 2.24) is 9.21 Å². The maximum atomic E-state index is 12.8. The van der Waals surface area contributed by atoms with E-state index in [1.165, 1.54) is 4.31 Å². The molecule has 2 aromatic rings. The van der Waals surface area contributed by atoms with Crippen LogP contribution in [0.3, 0.4) is 0 Å². The molecule has 2 aromatic carbocycles. The minimum Gasteiger partial charge on any atom is -0.497 e. The van der Waals surface area contributed by atoms with E-state index in [1.807, 2.05) is 31.3 Å². The number of hydrogen-bond acceptors (Lipinski definition) is 6. The number of benzene rings is 2. The lowest BCUT2D eigenvalue weighted by atomic mass is 10.3. The van der Waals surface area contributed by atoms with Crippen LogP contribution in [0, 0.1) is 0 Å². The molecule has 0 saturated carbocycles. The summed E-state index contributed by atoms with van der Waals surface area (Å²) in [4.78, 5) is 15.6. The Labute approximate surface area is 182 Å². The van der Waals surface area contributed by atoms with Crippen LogP contribution < -0.4 is 10.1 Å². The van der Waals surface area contributed by atoms with Crippen LogP contribution in [-0.2, 0) is 14.8 Å². The summed E-state index contributed by atoms with van der Waals surface area (Å²) in [7, 11) is 0.110. The monoisotopic (exact) mass is 449 g/mol. The van der Waals surface area contributed by atoms with E-state index >= 15 is 0 Å². The van der Waals surface area contributed by atoms with Gasteiger partial charge in [-0.25, -0.2) is 8.42 Å². The average molecular weight is 450 g/mol. The number of anilines is 1. The van der Waals surface area contributed by atoms with Crippen molar-refractivity contribution in [3.05, 3.63) is 48.5 Å². The number of hydrogen-bond donors (Lipinski definition) is 1. The smallest absolute Gasteiger partial charge is 0.243 e. The molecule has 9 heteroatoms. The first-order chi connectivity index (χ1) is 14.4. The lowest BCUT2D eigenvalue weighted by molar-refractivity contribution is -0.115. The number of carbonyl (C=O) groups excluding carboxylic acids is 1. The molecule has 7 nitrogen and oxygen atoms in total. The van der Waals surface area contributed by atoms with E-state index in [0.29, 0.717) is 31.0 Å². The molecule has 0 aliphatic carbocycles. The fourth-order valence-corrected chi connectivity index (χ4v) is 5.32. The molecule has 1 saturated heterocycles. The van der Waals surface area contributed by atoms with Gasteiger partial charge in [0.1, 0.15) is 5.75 Å². The molecular formula is C21H27N3O4S2. The van der Waals surface area contributed by atoms with Gasteiger partial charge >= 0.3 is 0 Å². The van der Waals surface area contributed by atoms with E-state index in [0.717, 1.165) is 23.7 Å². The van der Waals surface area contributed by atoms with Crippen LogP contribution in [0.4, 0.5) is 5.69 Å². The van der Waals surface area contributed by atoms with Crippen molar-refractivity contribution in [3.63, 3.8) is 0 Å². The number of rotatable bonds is 8. The average Bonchev–Trinajstić information content (AvgIpc) is 2.75. The molecule has 0 bridgehead atoms. The highest BCUT2D eigenvalue weighted by Crippen LogP contribution is 2.23. The van der Waals surface area contributed by atoms with Gasteiger partial charge in [0.05, 0.1) is 12.0 Å². The Hall–Kier alpha value is -2.07. The number of methoxy groups -OCH3 is 1. The van der Waals surface area contributed by atoms with Gasteiger partial charge in [0.15, 0.2) is 0 Å². The zero-order valence-corrected chi connectivity index (χ0v) is 18.8. The number of likely N-dealkylation sites (N-methyl/N-ethyl adjacent to an activating group) is 1. The van der Waals surface area contributed by atoms with Gasteiger partial charge in [-0.2, -0.15) is 4.31 Å². The van der Waals surface area contributed by atoms with Gasteiger partial charge in [0, 0.05) is 48.9 Å². The predicted octanol–water partition coefficient (Wildman–Crippen LogP) is 2.75. The van der Waals surface area contributed by atoms with Crippen LogP contribution in [-0.4, -0.2) is 69.6 Å². The maximum Gasteiger partial charge on any atom is 0.243 e. The number of piperazine rings is 1. The van der Waals surface area contributed by atoms with Crippen LogP contribution in [0.2, 0.25) is 0 Å². The van der Waals surface area contributed by atoms with E-state index < -0.39 is 10.0 Å². The normalized spacial score (nSPS) is 15.7. The van der Waals surface area contributed by atoms with E-state index in [-0.39, 0.29) is 10.8 Å². The van der Waals surface area contributed by atoms with Crippen molar-refractivity contribution in [2.24, 2.45) is 0 Å². The van der Waals surface area contributed by atoms with Crippen LogP contribution in [0.1, 0.15) is 6.42 Å². The summed E-state index contributed by atoms with van der Waals surface area (Å²) < 4.78 is 32.1. The Balaban J connectivity index is 1.49. The minimum atomic E-state index is -3.50. The minimum absolute atomic E-state index is 0.106. The van der Waals surface area contributed by atoms with Crippen molar-refractivity contribution < 1.29 is 17.9 Å². The molecule has 1 N–H and O–H groups in total. The number of amides is 1. The summed E-state index contributed by atoms with van der Waals surface area (Å²) in [5, 5.41) is 2.82. The lowest BCUT2D eigenvalue weighted by Crippen LogP contribution is -2.46. The zero-order chi connectivity index (χ0) is 21.6. The quantitative estimate of drug-likeness (QED) is 0.625. The third kappa shape index (κ3) is 5.98. The summed E-state index contributed by atoms with van der Waals surface area (Å²) in [6.45, 7) is 2.43. The second-order valence-electron chi connectivity index (χ2n) is 7.05. The zero-order valence-electron chi connectivity index (χ0n) is 17.2. The summed E-state index contributed by atoms with van der Waals surface area (Å²) in [6.07, 6.45) is 0.359. The first-order valence-electron chi connectivity index (χ1n) is 9.74. The summed E-state index contributed by atoms with van der Waals surface area (Å²) in [5.74, 6) is 1.34. The Morgan fingerprint density at radius 2 is 1.67 bits per heavy atom. The molecule has 1 aliphatic heterocycles. The van der Waals surface area contributed by atoms with Crippen LogP contribution >= 0.6 is 11.8 Å². The van der Waals surface area contributed by atoms with Crippen LogP contribution in [0.15, 0.2) is 58.3 Å². The van der Waals surface area contributed by atoms with Gasteiger partial charge in [0.2, 0.25) is 15.9 Å². The molecule has 162 valence electrons. The van der Waals surface area contributed by atoms with Gasteiger partial charge in [-0.3, -0.25) is 4.79 Å². The molecule has 30 heavy (non-hydrogen) atoms. The summed E-state index contributed by atoms with van der Waals surface area (Å²) in [6, 6.07) is 14.1. The fraction of sp³-hybridized carbons (Fsp3) is 0.381. The van der Waals surface area contributed by atoms with Crippen molar-refractivity contribution in [2.75, 3.05) is 51.4 Å². The molecule has 0 aromatic heterocycles. The highest BCUT2D eigenvalue weighted by atomic mass is 32.2. The molecule has 1 fully saturated rings. The second kappa shape index (κ2) is 10.3. The number of ether oxygens (including phenoxy) is 1. The van der Waals surface area contributed by atoms with Gasteiger partial charge < -0.3 is 15.0 Å². The number of thioether (sulfide) groups is 1. The summed E-state index contributed by atoms with van der Waals surface area (Å²) >= 11 is 1.60. The SMILES string of the molecule is COc1ccc(SCCC(=O)Nc2ccc(S(=O)(=O)N3CCN(C)CC3)cc2)cc1. The molecule has 1 heterocycles. The highest BCUT2D eigenvalue weighted by Gasteiger charge is 2.27. The second-order valence-corrected chi connectivity index (χ2v) is 10.2. The standard InChI is InChI=1S/C21H27N3O4S2/c1-23-12-14-24(15-13-23)30(26,27)20-9-3-17(4-10-20)22-21(25)11-16-29-19-7-5-18(28-2)6-8-19/h3-10H,11-16H2,1-2H3,(H,22,25). The number of nitrogens with zero attached hydrogens (tertiary/aromatic N) is 2. The third-order valence-corrected chi connectivity index (χ3v) is 7.82. The number of carbonyl (C=O) groups is 1. The van der Waals surface area contributed by atoms with Crippen molar-refractivity contribution in [3.8, 4) is 5.75 Å². The number of nitrogens with one attached hydrogen (secondary N) is 1. The van der Waals surface area contributed by atoms with Crippen LogP contribution in [0.25, 0.3) is 0 Å². The van der Waals surface area contributed by atoms with Gasteiger partial charge in [-0.1, -0.05) is 0 Å². The van der Waals surface area contributed by atoms with Crippen molar-refractivity contribution in [2.45, 2.75) is 16.2 Å². The van der Waals surface area contributed by atoms with E-state index in [9.17, 15) is 13.2 Å². The maximum absolute atomic E-state index is 12.8. The molecule has 0 atom stereocenters. The third-order valence-electron chi connectivity index (χ3n) is 4.90. The molecule has 3 rings (SSSR count). The molecule has 1 amide bonds. The fourth-order valence-electron chi connectivity index (χ4n) is 3.04. The Kier molecular flexibility index (Phi) is 7.76. The first-order valence-corrected chi connectivity index (χ1v) is 12.2. The van der Waals surface area contributed by atoms with E-state index in [2.05, 4.69) is 10.2 Å². The summed E-state index contributed by atoms with van der Waals surface area (Å²) in [5.41, 5.74) is 0.590. The van der Waals surface area contributed by atoms with E-state index in [1.54, 1.807) is 43.1 Å². The molecular weight excluding hydrogens is 422 g/mol. The molecule has 0 spiro atoms. The predicted molar refractivity (Wildman–Crippen MR) is 120 cm³/mol. The van der Waals surface area contributed by atoms with E-state index in [4.69, 9.17) is 4.74 Å². The van der Waals surface area contributed by atoms with Crippen molar-refractivity contribution in [1.29, 1.82) is 0 Å². The Morgan fingerprint density at radius 3 is 2.27 bits per heavy atom. The Morgan fingerprint density at radius 1 is 1.03 bits per heavy atom. The van der Waals surface area contributed by atoms with Gasteiger partial charge in [0.25, 0.3) is 0 Å². The van der Waals surface area contributed by atoms with Crippen LogP contribution in [0.5, 0.6) is 5.75 Å². The largest absolute Gasteiger partial charge is 0.497 e. The van der Waals surface area contributed by atoms with Crippen molar-refractivity contribution >= 4 is 33.4 Å². The molecule has 1 aliphatic rings. The topological polar surface area (TPSA) is 78.9 Å². The van der Waals surface area contributed by atoms with Gasteiger partial charge in [-0.05, 0) is 55.6 Å². The Bertz CT molecular complexity index is 939. The molecule has 0 unspecified atom stereocenters.